The molecule has 33 heavy (non-hydrogen) atoms. The molecule has 0 N–H and O–H groups in total. The van der Waals surface area contributed by atoms with E-state index in [2.05, 4.69) is 70.9 Å². The summed E-state index contributed by atoms with van der Waals surface area (Å²) in [6.45, 7) is 10.3. The third-order valence-electron chi connectivity index (χ3n) is 6.90. The van der Waals surface area contributed by atoms with Gasteiger partial charge in [0.15, 0.2) is 0 Å². The van der Waals surface area contributed by atoms with Crippen LogP contribution in [-0.2, 0) is 4.79 Å². The lowest BCUT2D eigenvalue weighted by molar-refractivity contribution is -0.133. The number of thiophene rings is 1. The minimum absolute atomic E-state index is 0.226. The molecule has 2 aliphatic rings. The highest BCUT2D eigenvalue weighted by Gasteiger charge is 2.32. The Balaban J connectivity index is 1.20. The van der Waals surface area contributed by atoms with Gasteiger partial charge in [0.1, 0.15) is 6.33 Å². The average molecular weight is 462 g/mol. The Kier molecular flexibility index (Phi) is 6.17. The zero-order valence-corrected chi connectivity index (χ0v) is 20.4. The first-order valence-electron chi connectivity index (χ1n) is 11.7. The largest absolute Gasteiger partial charge is 0.366 e. The smallest absolute Gasteiger partial charge is 0.237 e. The van der Waals surface area contributed by atoms with E-state index in [9.17, 15) is 4.79 Å². The van der Waals surface area contributed by atoms with Crippen molar-refractivity contribution in [1.29, 1.82) is 0 Å². The van der Waals surface area contributed by atoms with Gasteiger partial charge in [-0.25, -0.2) is 9.97 Å². The standard InChI is InChI=1S/C26H31N5OS/c1-18-14-30(24-12-27-17-28-13-24)15-19(2)31(18)16-26(32)29-8-6-21(7-9-29)22-4-5-25-23(11-22)10-20(3)33-25/h4-6,10-13,17-19H,7-9,14-16H2,1-3H3. The Hall–Kier alpha value is -2.77. The molecular weight excluding hydrogens is 430 g/mol. The Morgan fingerprint density at radius 2 is 1.88 bits per heavy atom. The Morgan fingerprint density at radius 1 is 1.12 bits per heavy atom. The molecule has 1 aromatic carbocycles. The van der Waals surface area contributed by atoms with Crippen molar-refractivity contribution >= 4 is 38.6 Å². The van der Waals surface area contributed by atoms with Gasteiger partial charge in [-0.2, -0.15) is 0 Å². The van der Waals surface area contributed by atoms with Crippen LogP contribution in [-0.4, -0.2) is 70.5 Å². The van der Waals surface area contributed by atoms with E-state index in [4.69, 9.17) is 0 Å². The molecule has 2 atom stereocenters. The van der Waals surface area contributed by atoms with E-state index in [0.29, 0.717) is 13.1 Å². The summed E-state index contributed by atoms with van der Waals surface area (Å²) < 4.78 is 1.34. The number of piperazine rings is 1. The van der Waals surface area contributed by atoms with Gasteiger partial charge in [-0.15, -0.1) is 11.3 Å². The molecular formula is C26H31N5OS. The molecule has 1 fully saturated rings. The summed E-state index contributed by atoms with van der Waals surface area (Å²) in [4.78, 5) is 29.5. The summed E-state index contributed by atoms with van der Waals surface area (Å²) in [6.07, 6.45) is 8.44. The van der Waals surface area contributed by atoms with Crippen molar-refractivity contribution in [2.24, 2.45) is 0 Å². The Labute approximate surface area is 199 Å². The molecule has 2 aromatic heterocycles. The predicted octanol–water partition coefficient (Wildman–Crippen LogP) is 4.21. The highest BCUT2D eigenvalue weighted by molar-refractivity contribution is 7.19. The van der Waals surface area contributed by atoms with Crippen LogP contribution in [0.3, 0.4) is 0 Å². The molecule has 7 heteroatoms. The quantitative estimate of drug-likeness (QED) is 0.582. The van der Waals surface area contributed by atoms with Gasteiger partial charge in [-0.1, -0.05) is 12.1 Å². The van der Waals surface area contributed by atoms with Crippen LogP contribution >= 0.6 is 11.3 Å². The van der Waals surface area contributed by atoms with Crippen LogP contribution in [0.15, 0.2) is 49.1 Å². The molecule has 2 aliphatic heterocycles. The molecule has 1 saturated heterocycles. The maximum Gasteiger partial charge on any atom is 0.237 e. The number of hydrogen-bond donors (Lipinski definition) is 0. The van der Waals surface area contributed by atoms with Crippen molar-refractivity contribution in [3.05, 3.63) is 59.5 Å². The van der Waals surface area contributed by atoms with E-state index in [1.165, 1.54) is 26.1 Å². The fourth-order valence-corrected chi connectivity index (χ4v) is 6.03. The fraction of sp³-hybridized carbons (Fsp3) is 0.423. The second-order valence-corrected chi connectivity index (χ2v) is 10.6. The lowest BCUT2D eigenvalue weighted by atomic mass is 9.98. The van der Waals surface area contributed by atoms with Gasteiger partial charge >= 0.3 is 0 Å². The van der Waals surface area contributed by atoms with Crippen LogP contribution in [0.4, 0.5) is 5.69 Å². The highest BCUT2D eigenvalue weighted by Crippen LogP contribution is 2.30. The molecule has 1 amide bonds. The SMILES string of the molecule is Cc1cc2cc(C3=CCN(C(=O)CN4C(C)CN(c5cncnc5)CC4C)CC3)ccc2s1. The van der Waals surface area contributed by atoms with E-state index < -0.39 is 0 Å². The number of amides is 1. The fourth-order valence-electron chi connectivity index (χ4n) is 5.12. The minimum atomic E-state index is 0.226. The van der Waals surface area contributed by atoms with Crippen LogP contribution in [0, 0.1) is 6.92 Å². The second-order valence-electron chi connectivity index (χ2n) is 9.30. The molecule has 0 bridgehead atoms. The third kappa shape index (κ3) is 4.66. The first kappa shape index (κ1) is 22.0. The molecule has 0 radical (unpaired) electrons. The zero-order valence-electron chi connectivity index (χ0n) is 19.6. The van der Waals surface area contributed by atoms with E-state index in [1.54, 1.807) is 6.33 Å². The van der Waals surface area contributed by atoms with Crippen molar-refractivity contribution in [3.8, 4) is 0 Å². The maximum atomic E-state index is 13.2. The minimum Gasteiger partial charge on any atom is -0.366 e. The topological polar surface area (TPSA) is 52.6 Å². The Bertz CT molecular complexity index is 1160. The van der Waals surface area contributed by atoms with Crippen molar-refractivity contribution in [2.75, 3.05) is 37.6 Å². The van der Waals surface area contributed by atoms with Gasteiger partial charge in [-0.3, -0.25) is 9.69 Å². The average Bonchev–Trinajstić information content (AvgIpc) is 3.21. The molecule has 5 rings (SSSR count). The van der Waals surface area contributed by atoms with Gasteiger partial charge in [0.25, 0.3) is 0 Å². The number of fused-ring (bicyclic) bond motifs is 1. The summed E-state index contributed by atoms with van der Waals surface area (Å²) in [5, 5.41) is 1.32. The van der Waals surface area contributed by atoms with E-state index in [1.807, 2.05) is 28.6 Å². The van der Waals surface area contributed by atoms with Gasteiger partial charge in [-0.05, 0) is 61.9 Å². The zero-order chi connectivity index (χ0) is 22.9. The summed E-state index contributed by atoms with van der Waals surface area (Å²) in [5.74, 6) is 0.226. The van der Waals surface area contributed by atoms with Crippen molar-refractivity contribution < 1.29 is 4.79 Å². The molecule has 172 valence electrons. The van der Waals surface area contributed by atoms with E-state index in [0.717, 1.165) is 31.7 Å². The van der Waals surface area contributed by atoms with Crippen LogP contribution in [0.5, 0.6) is 0 Å². The number of anilines is 1. The van der Waals surface area contributed by atoms with E-state index in [-0.39, 0.29) is 18.0 Å². The summed E-state index contributed by atoms with van der Waals surface area (Å²) >= 11 is 1.84. The number of rotatable bonds is 4. The first-order valence-corrected chi connectivity index (χ1v) is 12.5. The van der Waals surface area contributed by atoms with Gasteiger partial charge in [0.2, 0.25) is 5.91 Å². The predicted molar refractivity (Wildman–Crippen MR) is 136 cm³/mol. The molecule has 4 heterocycles. The number of hydrogen-bond acceptors (Lipinski definition) is 6. The summed E-state index contributed by atoms with van der Waals surface area (Å²) in [5.41, 5.74) is 3.69. The summed E-state index contributed by atoms with van der Waals surface area (Å²) in [6, 6.07) is 9.58. The second kappa shape index (κ2) is 9.23. The normalized spacial score (nSPS) is 22.0. The molecule has 0 aliphatic carbocycles. The van der Waals surface area contributed by atoms with E-state index >= 15 is 0 Å². The number of aryl methyl sites for hydroxylation is 1. The van der Waals surface area contributed by atoms with Crippen LogP contribution < -0.4 is 4.90 Å². The van der Waals surface area contributed by atoms with Gasteiger partial charge in [0, 0.05) is 47.8 Å². The number of nitrogens with zero attached hydrogens (tertiary/aromatic N) is 5. The maximum absolute atomic E-state index is 13.2. The van der Waals surface area contributed by atoms with Crippen molar-refractivity contribution in [1.82, 2.24) is 19.8 Å². The molecule has 2 unspecified atom stereocenters. The number of carbonyl (C=O) groups excluding carboxylic acids is 1. The first-order chi connectivity index (χ1) is 16.0. The lowest BCUT2D eigenvalue weighted by Gasteiger charge is -2.45. The molecule has 0 saturated carbocycles. The monoisotopic (exact) mass is 461 g/mol. The molecule has 6 nitrogen and oxygen atoms in total. The van der Waals surface area contributed by atoms with Crippen LogP contribution in [0.2, 0.25) is 0 Å². The number of carbonyl (C=O) groups is 1. The van der Waals surface area contributed by atoms with Gasteiger partial charge < -0.3 is 9.80 Å². The molecule has 0 spiro atoms. The van der Waals surface area contributed by atoms with Gasteiger partial charge in [0.05, 0.1) is 24.6 Å². The van der Waals surface area contributed by atoms with Crippen LogP contribution in [0.1, 0.15) is 30.7 Å². The third-order valence-corrected chi connectivity index (χ3v) is 7.94. The highest BCUT2D eigenvalue weighted by atomic mass is 32.1. The number of aromatic nitrogens is 2. The summed E-state index contributed by atoms with van der Waals surface area (Å²) in [7, 11) is 0. The van der Waals surface area contributed by atoms with Crippen molar-refractivity contribution in [2.45, 2.75) is 39.3 Å². The Morgan fingerprint density at radius 3 is 2.58 bits per heavy atom. The lowest BCUT2D eigenvalue weighted by Crippen LogP contribution is -2.59. The van der Waals surface area contributed by atoms with Crippen molar-refractivity contribution in [3.63, 3.8) is 0 Å². The van der Waals surface area contributed by atoms with Crippen LogP contribution in [0.25, 0.3) is 15.7 Å². The molecule has 3 aromatic rings. The number of benzene rings is 1.